The molecule has 1 aliphatic carbocycles. The first kappa shape index (κ1) is 15.5. The molecule has 1 fully saturated rings. The fourth-order valence-electron chi connectivity index (χ4n) is 3.66. The highest BCUT2D eigenvalue weighted by Gasteiger charge is 2.29. The molecule has 1 saturated carbocycles. The molecular formula is C20H21N5O. The Morgan fingerprint density at radius 2 is 2.12 bits per heavy atom. The van der Waals surface area contributed by atoms with E-state index in [4.69, 9.17) is 4.98 Å². The Hall–Kier alpha value is -2.76. The fourth-order valence-corrected chi connectivity index (χ4v) is 3.66. The van der Waals surface area contributed by atoms with E-state index in [-0.39, 0.29) is 0 Å². The zero-order chi connectivity index (χ0) is 17.7. The Kier molecular flexibility index (Phi) is 3.51. The maximum absolute atomic E-state index is 12.4. The number of fused-ring (bicyclic) bond motifs is 2. The molecule has 6 nitrogen and oxygen atoms in total. The van der Waals surface area contributed by atoms with Gasteiger partial charge in [-0.2, -0.15) is 5.10 Å². The molecule has 3 aromatic heterocycles. The SMILES string of the molecule is Cn1cc(-c2cnc3nc4c(cc3c2)CN(C(=O)CC2CC2)CC4)cn1. The van der Waals surface area contributed by atoms with Crippen LogP contribution in [0.4, 0.5) is 0 Å². The molecule has 5 rings (SSSR count). The summed E-state index contributed by atoms with van der Waals surface area (Å²) in [5.74, 6) is 0.922. The predicted molar refractivity (Wildman–Crippen MR) is 98.2 cm³/mol. The second kappa shape index (κ2) is 5.90. The summed E-state index contributed by atoms with van der Waals surface area (Å²) in [7, 11) is 1.91. The van der Waals surface area contributed by atoms with Gasteiger partial charge in [0, 0.05) is 67.6 Å². The summed E-state index contributed by atoms with van der Waals surface area (Å²) in [4.78, 5) is 23.7. The number of pyridine rings is 2. The Bertz CT molecular complexity index is 1000. The monoisotopic (exact) mass is 347 g/mol. The minimum atomic E-state index is 0.292. The third-order valence-electron chi connectivity index (χ3n) is 5.37. The number of aryl methyl sites for hydroxylation is 1. The van der Waals surface area contributed by atoms with Gasteiger partial charge in [-0.3, -0.25) is 9.48 Å². The molecule has 26 heavy (non-hydrogen) atoms. The van der Waals surface area contributed by atoms with Crippen molar-refractivity contribution in [2.45, 2.75) is 32.2 Å². The van der Waals surface area contributed by atoms with Gasteiger partial charge in [-0.25, -0.2) is 9.97 Å². The highest BCUT2D eigenvalue weighted by atomic mass is 16.2. The Morgan fingerprint density at radius 1 is 1.23 bits per heavy atom. The van der Waals surface area contributed by atoms with Crippen molar-refractivity contribution in [3.05, 3.63) is 42.0 Å². The molecule has 2 aliphatic rings. The van der Waals surface area contributed by atoms with Crippen molar-refractivity contribution in [2.24, 2.45) is 13.0 Å². The van der Waals surface area contributed by atoms with Crippen LogP contribution in [0.5, 0.6) is 0 Å². The molecule has 0 atom stereocenters. The van der Waals surface area contributed by atoms with E-state index in [0.717, 1.165) is 46.4 Å². The minimum Gasteiger partial charge on any atom is -0.338 e. The quantitative estimate of drug-likeness (QED) is 0.731. The first-order chi connectivity index (χ1) is 12.7. The Morgan fingerprint density at radius 3 is 2.88 bits per heavy atom. The van der Waals surface area contributed by atoms with Crippen LogP contribution in [0, 0.1) is 5.92 Å². The number of carbonyl (C=O) groups excluding carboxylic acids is 1. The van der Waals surface area contributed by atoms with Crippen molar-refractivity contribution in [1.29, 1.82) is 0 Å². The molecule has 0 radical (unpaired) electrons. The third-order valence-corrected chi connectivity index (χ3v) is 5.37. The standard InChI is InChI=1S/C20H21N5O/c1-24-11-17(10-22-24)15-7-14-8-16-12-25(19(26)6-13-2-3-13)5-4-18(16)23-20(14)21-9-15/h7-11,13H,2-6,12H2,1H3. The van der Waals surface area contributed by atoms with E-state index in [2.05, 4.69) is 22.2 Å². The number of aromatic nitrogens is 4. The van der Waals surface area contributed by atoms with Crippen molar-refractivity contribution in [2.75, 3.05) is 6.54 Å². The minimum absolute atomic E-state index is 0.292. The van der Waals surface area contributed by atoms with E-state index in [1.165, 1.54) is 12.8 Å². The summed E-state index contributed by atoms with van der Waals surface area (Å²) in [5.41, 5.74) is 5.08. The Balaban J connectivity index is 1.46. The molecule has 1 aliphatic heterocycles. The number of amides is 1. The van der Waals surface area contributed by atoms with Gasteiger partial charge in [-0.1, -0.05) is 0 Å². The number of rotatable bonds is 3. The van der Waals surface area contributed by atoms with Gasteiger partial charge in [0.25, 0.3) is 0 Å². The van der Waals surface area contributed by atoms with Crippen LogP contribution in [0.2, 0.25) is 0 Å². The second-order valence-electron chi connectivity index (χ2n) is 7.48. The lowest BCUT2D eigenvalue weighted by Gasteiger charge is -2.28. The zero-order valence-corrected chi connectivity index (χ0v) is 14.9. The number of hydrogen-bond acceptors (Lipinski definition) is 4. The molecule has 4 heterocycles. The van der Waals surface area contributed by atoms with Gasteiger partial charge in [0.1, 0.15) is 0 Å². The smallest absolute Gasteiger partial charge is 0.223 e. The molecule has 0 unspecified atom stereocenters. The van der Waals surface area contributed by atoms with Gasteiger partial charge >= 0.3 is 0 Å². The highest BCUT2D eigenvalue weighted by molar-refractivity contribution is 5.82. The fraction of sp³-hybridized carbons (Fsp3) is 0.400. The van der Waals surface area contributed by atoms with Crippen LogP contribution in [-0.4, -0.2) is 37.1 Å². The van der Waals surface area contributed by atoms with Gasteiger partial charge in [-0.05, 0) is 36.5 Å². The summed E-state index contributed by atoms with van der Waals surface area (Å²) in [5, 5.41) is 5.25. The van der Waals surface area contributed by atoms with Crippen molar-refractivity contribution in [3.63, 3.8) is 0 Å². The zero-order valence-electron chi connectivity index (χ0n) is 14.9. The lowest BCUT2D eigenvalue weighted by atomic mass is 10.0. The third kappa shape index (κ3) is 2.85. The summed E-state index contributed by atoms with van der Waals surface area (Å²) >= 11 is 0. The second-order valence-corrected chi connectivity index (χ2v) is 7.48. The first-order valence-corrected chi connectivity index (χ1v) is 9.21. The van der Waals surface area contributed by atoms with Gasteiger partial charge in [0.15, 0.2) is 5.65 Å². The summed E-state index contributed by atoms with van der Waals surface area (Å²) in [6.45, 7) is 1.44. The highest BCUT2D eigenvalue weighted by Crippen LogP contribution is 2.33. The van der Waals surface area contributed by atoms with Crippen molar-refractivity contribution >= 4 is 16.9 Å². The predicted octanol–water partition coefficient (Wildman–Crippen LogP) is 2.72. The molecule has 0 saturated heterocycles. The number of carbonyl (C=O) groups is 1. The van der Waals surface area contributed by atoms with E-state index < -0.39 is 0 Å². The van der Waals surface area contributed by atoms with Crippen molar-refractivity contribution in [1.82, 2.24) is 24.6 Å². The Labute approximate surface area is 151 Å². The molecule has 6 heteroatoms. The lowest BCUT2D eigenvalue weighted by Crippen LogP contribution is -2.36. The van der Waals surface area contributed by atoms with Crippen molar-refractivity contribution < 1.29 is 4.79 Å². The average molecular weight is 347 g/mol. The normalized spacial score (nSPS) is 16.7. The van der Waals surface area contributed by atoms with E-state index >= 15 is 0 Å². The summed E-state index contributed by atoms with van der Waals surface area (Å²) in [6.07, 6.45) is 9.63. The van der Waals surface area contributed by atoms with Crippen LogP contribution in [0.15, 0.2) is 30.7 Å². The molecule has 0 N–H and O–H groups in total. The molecule has 3 aromatic rings. The van der Waals surface area contributed by atoms with Gasteiger partial charge < -0.3 is 4.90 Å². The topological polar surface area (TPSA) is 63.9 Å². The lowest BCUT2D eigenvalue weighted by molar-refractivity contribution is -0.132. The summed E-state index contributed by atoms with van der Waals surface area (Å²) < 4.78 is 1.79. The molecule has 132 valence electrons. The summed E-state index contributed by atoms with van der Waals surface area (Å²) in [6, 6.07) is 4.26. The van der Waals surface area contributed by atoms with Gasteiger partial charge in [0.2, 0.25) is 5.91 Å². The van der Waals surface area contributed by atoms with Crippen LogP contribution >= 0.6 is 0 Å². The molecule has 1 amide bonds. The van der Waals surface area contributed by atoms with E-state index in [1.54, 1.807) is 4.68 Å². The molecule has 0 bridgehead atoms. The van der Waals surface area contributed by atoms with Crippen LogP contribution in [0.1, 0.15) is 30.5 Å². The first-order valence-electron chi connectivity index (χ1n) is 9.21. The average Bonchev–Trinajstić information content (AvgIpc) is 3.36. The van der Waals surface area contributed by atoms with E-state index in [0.29, 0.717) is 24.8 Å². The largest absolute Gasteiger partial charge is 0.338 e. The van der Waals surface area contributed by atoms with Gasteiger partial charge in [0.05, 0.1) is 6.20 Å². The molecular weight excluding hydrogens is 326 g/mol. The van der Waals surface area contributed by atoms with Gasteiger partial charge in [-0.15, -0.1) is 0 Å². The van der Waals surface area contributed by atoms with Crippen LogP contribution in [0.25, 0.3) is 22.2 Å². The van der Waals surface area contributed by atoms with E-state index in [9.17, 15) is 4.79 Å². The van der Waals surface area contributed by atoms with Crippen LogP contribution in [0.3, 0.4) is 0 Å². The number of hydrogen-bond donors (Lipinski definition) is 0. The van der Waals surface area contributed by atoms with E-state index in [1.807, 2.05) is 30.5 Å². The van der Waals surface area contributed by atoms with Crippen LogP contribution < -0.4 is 0 Å². The molecule has 0 aromatic carbocycles. The van der Waals surface area contributed by atoms with Crippen LogP contribution in [-0.2, 0) is 24.8 Å². The maximum atomic E-state index is 12.4. The molecule has 0 spiro atoms. The maximum Gasteiger partial charge on any atom is 0.223 e. The number of nitrogens with zero attached hydrogens (tertiary/aromatic N) is 5. The van der Waals surface area contributed by atoms with Crippen molar-refractivity contribution in [3.8, 4) is 11.1 Å².